The topological polar surface area (TPSA) is 29.5 Å². The van der Waals surface area contributed by atoms with Gasteiger partial charge in [0.2, 0.25) is 0 Å². The quantitative estimate of drug-likeness (QED) is 0.679. The minimum atomic E-state index is -0.237. The van der Waals surface area contributed by atoms with E-state index in [-0.39, 0.29) is 12.2 Å². The van der Waals surface area contributed by atoms with Crippen molar-refractivity contribution < 1.29 is 9.53 Å². The predicted octanol–water partition coefficient (Wildman–Crippen LogP) is 1.83. The fraction of sp³-hybridized carbons (Fsp3) is 0.875. The first-order valence-corrected chi connectivity index (χ1v) is 5.38. The zero-order valence-electron chi connectivity index (χ0n) is 8.16. The Balaban J connectivity index is 3.61. The molecular formula is C8H17NO2S. The molecule has 0 aliphatic carbocycles. The summed E-state index contributed by atoms with van der Waals surface area (Å²) in [6, 6.07) is 0. The molecule has 0 unspecified atom stereocenters. The van der Waals surface area contributed by atoms with Gasteiger partial charge >= 0.3 is 6.09 Å². The van der Waals surface area contributed by atoms with Gasteiger partial charge in [0, 0.05) is 19.3 Å². The highest BCUT2D eigenvalue weighted by atomic mass is 32.2. The molecule has 0 aromatic heterocycles. The Morgan fingerprint density at radius 1 is 1.58 bits per heavy atom. The number of thioether (sulfide) groups is 1. The van der Waals surface area contributed by atoms with Crippen LogP contribution in [0.15, 0.2) is 0 Å². The molecule has 12 heavy (non-hydrogen) atoms. The van der Waals surface area contributed by atoms with E-state index >= 15 is 0 Å². The molecule has 0 aliphatic heterocycles. The highest BCUT2D eigenvalue weighted by molar-refractivity contribution is 7.98. The van der Waals surface area contributed by atoms with E-state index in [0.717, 1.165) is 12.3 Å². The first-order chi connectivity index (χ1) is 5.57. The number of nitrogens with zero attached hydrogens (tertiary/aromatic N) is 1. The maximum Gasteiger partial charge on any atom is 0.409 e. The van der Waals surface area contributed by atoms with Crippen molar-refractivity contribution in [3.05, 3.63) is 0 Å². The number of hydrogen-bond donors (Lipinski definition) is 0. The molecule has 1 amide bonds. The summed E-state index contributed by atoms with van der Waals surface area (Å²) in [4.78, 5) is 12.7. The predicted molar refractivity (Wildman–Crippen MR) is 52.6 cm³/mol. The average Bonchev–Trinajstić information content (AvgIpc) is 1.98. The van der Waals surface area contributed by atoms with E-state index in [4.69, 9.17) is 4.74 Å². The van der Waals surface area contributed by atoms with Crippen LogP contribution in [0.4, 0.5) is 4.79 Å². The molecule has 4 heteroatoms. The molecule has 0 atom stereocenters. The highest BCUT2D eigenvalue weighted by Crippen LogP contribution is 1.98. The number of ether oxygens (including phenoxy) is 1. The smallest absolute Gasteiger partial charge is 0.409 e. The number of amides is 1. The van der Waals surface area contributed by atoms with Gasteiger partial charge in [-0.25, -0.2) is 4.79 Å². The molecule has 0 rings (SSSR count). The molecular weight excluding hydrogens is 174 g/mol. The Kier molecular flexibility index (Phi) is 5.98. The number of rotatable bonds is 4. The molecule has 0 fully saturated rings. The number of carbonyl (C=O) groups is 1. The lowest BCUT2D eigenvalue weighted by Gasteiger charge is -2.17. The van der Waals surface area contributed by atoms with E-state index < -0.39 is 0 Å². The minimum Gasteiger partial charge on any atom is -0.447 e. The summed E-state index contributed by atoms with van der Waals surface area (Å²) >= 11 is 1.72. The average molecular weight is 191 g/mol. The summed E-state index contributed by atoms with van der Waals surface area (Å²) in [7, 11) is 1.75. The SMILES string of the molecule is CSCCN(C)C(=O)OC(C)C. The van der Waals surface area contributed by atoms with Crippen LogP contribution in [-0.2, 0) is 4.74 Å². The maximum atomic E-state index is 11.2. The third-order valence-corrected chi connectivity index (χ3v) is 1.87. The van der Waals surface area contributed by atoms with Crippen molar-refractivity contribution in [2.75, 3.05) is 25.6 Å². The van der Waals surface area contributed by atoms with Crippen molar-refractivity contribution in [1.29, 1.82) is 0 Å². The second-order valence-corrected chi connectivity index (χ2v) is 3.83. The first kappa shape index (κ1) is 11.6. The van der Waals surface area contributed by atoms with Gasteiger partial charge < -0.3 is 9.64 Å². The molecule has 0 saturated heterocycles. The van der Waals surface area contributed by atoms with Gasteiger partial charge in [-0.3, -0.25) is 0 Å². The Hall–Kier alpha value is -0.380. The Bertz CT molecular complexity index is 139. The molecule has 0 radical (unpaired) electrons. The third kappa shape index (κ3) is 5.29. The summed E-state index contributed by atoms with van der Waals surface area (Å²) in [6.07, 6.45) is 1.75. The molecule has 0 N–H and O–H groups in total. The standard InChI is InChI=1S/C8H17NO2S/c1-7(2)11-8(10)9(3)5-6-12-4/h7H,5-6H2,1-4H3. The van der Waals surface area contributed by atoms with E-state index in [2.05, 4.69) is 0 Å². The van der Waals surface area contributed by atoms with E-state index in [0.29, 0.717) is 0 Å². The first-order valence-electron chi connectivity index (χ1n) is 3.98. The maximum absolute atomic E-state index is 11.2. The third-order valence-electron chi connectivity index (χ3n) is 1.28. The van der Waals surface area contributed by atoms with Gasteiger partial charge in [0.05, 0.1) is 6.10 Å². The largest absolute Gasteiger partial charge is 0.447 e. The van der Waals surface area contributed by atoms with Crippen LogP contribution in [0.1, 0.15) is 13.8 Å². The van der Waals surface area contributed by atoms with Crippen molar-refractivity contribution in [2.45, 2.75) is 20.0 Å². The fourth-order valence-corrected chi connectivity index (χ4v) is 1.07. The monoisotopic (exact) mass is 191 g/mol. The number of carbonyl (C=O) groups excluding carboxylic acids is 1. The lowest BCUT2D eigenvalue weighted by Crippen LogP contribution is -2.31. The second kappa shape index (κ2) is 6.17. The van der Waals surface area contributed by atoms with Gasteiger partial charge in [-0.2, -0.15) is 11.8 Å². The molecule has 0 saturated carbocycles. The summed E-state index contributed by atoms with van der Waals surface area (Å²) in [5.41, 5.74) is 0. The van der Waals surface area contributed by atoms with Crippen LogP contribution in [0.5, 0.6) is 0 Å². The van der Waals surface area contributed by atoms with Gasteiger partial charge in [-0.1, -0.05) is 0 Å². The Labute approximate surface area is 78.5 Å². The molecule has 0 aromatic carbocycles. The van der Waals surface area contributed by atoms with Crippen molar-refractivity contribution in [2.24, 2.45) is 0 Å². The summed E-state index contributed by atoms with van der Waals surface area (Å²) in [5, 5.41) is 0. The number of hydrogen-bond acceptors (Lipinski definition) is 3. The van der Waals surface area contributed by atoms with Gasteiger partial charge in [0.15, 0.2) is 0 Å². The van der Waals surface area contributed by atoms with Crippen LogP contribution in [0.3, 0.4) is 0 Å². The fourth-order valence-electron chi connectivity index (χ4n) is 0.611. The summed E-state index contributed by atoms with van der Waals surface area (Å²) in [6.45, 7) is 4.44. The Morgan fingerprint density at radius 2 is 2.17 bits per heavy atom. The second-order valence-electron chi connectivity index (χ2n) is 2.85. The zero-order chi connectivity index (χ0) is 9.56. The molecule has 0 heterocycles. The molecule has 3 nitrogen and oxygen atoms in total. The molecule has 0 aromatic rings. The van der Waals surface area contributed by atoms with Crippen molar-refractivity contribution >= 4 is 17.9 Å². The van der Waals surface area contributed by atoms with Crippen LogP contribution >= 0.6 is 11.8 Å². The molecule has 0 bridgehead atoms. The van der Waals surface area contributed by atoms with Crippen LogP contribution in [0.25, 0.3) is 0 Å². The van der Waals surface area contributed by atoms with Crippen molar-refractivity contribution in [3.8, 4) is 0 Å². The van der Waals surface area contributed by atoms with Gasteiger partial charge in [-0.15, -0.1) is 0 Å². The summed E-state index contributed by atoms with van der Waals surface area (Å²) in [5.74, 6) is 0.948. The van der Waals surface area contributed by atoms with Gasteiger partial charge in [0.1, 0.15) is 0 Å². The van der Waals surface area contributed by atoms with E-state index in [1.807, 2.05) is 20.1 Å². The normalized spacial score (nSPS) is 10.1. The van der Waals surface area contributed by atoms with E-state index in [1.54, 1.807) is 23.7 Å². The van der Waals surface area contributed by atoms with Crippen LogP contribution in [-0.4, -0.2) is 42.7 Å². The van der Waals surface area contributed by atoms with Crippen molar-refractivity contribution in [1.82, 2.24) is 4.90 Å². The molecule has 0 aliphatic rings. The van der Waals surface area contributed by atoms with Crippen molar-refractivity contribution in [3.63, 3.8) is 0 Å². The van der Waals surface area contributed by atoms with E-state index in [9.17, 15) is 4.79 Å². The Morgan fingerprint density at radius 3 is 2.58 bits per heavy atom. The van der Waals surface area contributed by atoms with E-state index in [1.165, 1.54) is 0 Å². The lowest BCUT2D eigenvalue weighted by atomic mass is 10.5. The van der Waals surface area contributed by atoms with Gasteiger partial charge in [-0.05, 0) is 20.1 Å². The zero-order valence-corrected chi connectivity index (χ0v) is 8.98. The lowest BCUT2D eigenvalue weighted by molar-refractivity contribution is 0.0857. The molecule has 72 valence electrons. The summed E-state index contributed by atoms with van der Waals surface area (Å²) < 4.78 is 4.99. The minimum absolute atomic E-state index is 0.0331. The van der Waals surface area contributed by atoms with Crippen LogP contribution in [0.2, 0.25) is 0 Å². The van der Waals surface area contributed by atoms with Crippen LogP contribution < -0.4 is 0 Å². The molecule has 0 spiro atoms. The highest BCUT2D eigenvalue weighted by Gasteiger charge is 2.10. The van der Waals surface area contributed by atoms with Gasteiger partial charge in [0.25, 0.3) is 0 Å². The van der Waals surface area contributed by atoms with Crippen LogP contribution in [0, 0.1) is 0 Å².